The highest BCUT2D eigenvalue weighted by molar-refractivity contribution is 5.79. The molecule has 2 atom stereocenters. The quantitative estimate of drug-likeness (QED) is 0.377. The second-order valence-corrected chi connectivity index (χ2v) is 5.88. The fourth-order valence-electron chi connectivity index (χ4n) is 2.59. The number of aliphatic hydroxyl groups excluding tert-OH is 1. The van der Waals surface area contributed by atoms with Gasteiger partial charge in [0.15, 0.2) is 5.96 Å². The zero-order chi connectivity index (χ0) is 14.8. The molecular formula is C15H31N3O2. The van der Waals surface area contributed by atoms with Crippen LogP contribution < -0.4 is 10.6 Å². The monoisotopic (exact) mass is 285 g/mol. The van der Waals surface area contributed by atoms with Crippen LogP contribution in [-0.4, -0.2) is 50.5 Å². The molecule has 1 fully saturated rings. The van der Waals surface area contributed by atoms with Crippen molar-refractivity contribution < 1.29 is 9.84 Å². The van der Waals surface area contributed by atoms with Crippen molar-refractivity contribution >= 4 is 5.96 Å². The van der Waals surface area contributed by atoms with Crippen molar-refractivity contribution in [2.45, 2.75) is 52.1 Å². The lowest BCUT2D eigenvalue weighted by Gasteiger charge is -2.37. The number of methoxy groups -OCH3 is 1. The first-order valence-electron chi connectivity index (χ1n) is 7.81. The molecule has 1 aliphatic carbocycles. The van der Waals surface area contributed by atoms with Crippen molar-refractivity contribution in [2.24, 2.45) is 10.4 Å². The fraction of sp³-hybridized carbons (Fsp3) is 0.933. The molecule has 0 radical (unpaired) electrons. The molecule has 0 spiro atoms. The number of guanidine groups is 1. The molecule has 0 saturated heterocycles. The van der Waals surface area contributed by atoms with E-state index in [9.17, 15) is 5.11 Å². The van der Waals surface area contributed by atoms with Crippen molar-refractivity contribution in [2.75, 3.05) is 33.4 Å². The molecular weight excluding hydrogens is 254 g/mol. The zero-order valence-corrected chi connectivity index (χ0v) is 13.2. The Morgan fingerprint density at radius 2 is 2.20 bits per heavy atom. The normalized spacial score (nSPS) is 27.4. The van der Waals surface area contributed by atoms with Crippen molar-refractivity contribution in [1.29, 1.82) is 0 Å². The average molecular weight is 285 g/mol. The Kier molecular flexibility index (Phi) is 7.92. The van der Waals surface area contributed by atoms with Crippen LogP contribution in [0.25, 0.3) is 0 Å². The molecule has 2 unspecified atom stereocenters. The van der Waals surface area contributed by atoms with Crippen LogP contribution in [0.4, 0.5) is 0 Å². The van der Waals surface area contributed by atoms with E-state index in [1.54, 1.807) is 7.11 Å². The predicted octanol–water partition coefficient (Wildman–Crippen LogP) is 1.52. The summed E-state index contributed by atoms with van der Waals surface area (Å²) >= 11 is 0. The maximum absolute atomic E-state index is 10.2. The Morgan fingerprint density at radius 1 is 1.40 bits per heavy atom. The number of rotatable bonds is 7. The predicted molar refractivity (Wildman–Crippen MR) is 83.1 cm³/mol. The first-order valence-corrected chi connectivity index (χ1v) is 7.81. The summed E-state index contributed by atoms with van der Waals surface area (Å²) in [5.74, 6) is 0.836. The third-order valence-electron chi connectivity index (χ3n) is 4.04. The third kappa shape index (κ3) is 5.67. The maximum atomic E-state index is 10.2. The molecule has 20 heavy (non-hydrogen) atoms. The number of ether oxygens (including phenoxy) is 1. The molecule has 0 amide bonds. The molecule has 0 bridgehead atoms. The molecule has 1 rings (SSSR count). The largest absolute Gasteiger partial charge is 0.392 e. The minimum atomic E-state index is -0.226. The van der Waals surface area contributed by atoms with Crippen LogP contribution in [0, 0.1) is 5.41 Å². The third-order valence-corrected chi connectivity index (χ3v) is 4.04. The lowest BCUT2D eigenvalue weighted by atomic mass is 9.73. The molecule has 0 heterocycles. The molecule has 0 aromatic rings. The molecule has 0 aliphatic heterocycles. The molecule has 5 nitrogen and oxygen atoms in total. The minimum absolute atomic E-state index is 0.0763. The van der Waals surface area contributed by atoms with Gasteiger partial charge in [0, 0.05) is 32.2 Å². The highest BCUT2D eigenvalue weighted by Crippen LogP contribution is 2.36. The Labute approximate surface area is 123 Å². The number of nitrogens with one attached hydrogen (secondary N) is 2. The molecule has 3 N–H and O–H groups in total. The highest BCUT2D eigenvalue weighted by Gasteiger charge is 2.35. The summed E-state index contributed by atoms with van der Waals surface area (Å²) in [4.78, 5) is 4.65. The molecule has 0 aromatic heterocycles. The van der Waals surface area contributed by atoms with Gasteiger partial charge in [0.1, 0.15) is 0 Å². The standard InChI is InChI=1S/C15H31N3O2/c1-4-16-14(17-10-7-11-20-3)18-12-15(2)9-6-5-8-13(15)19/h13,19H,4-12H2,1-3H3,(H2,16,17,18). The van der Waals surface area contributed by atoms with Gasteiger partial charge < -0.3 is 20.5 Å². The van der Waals surface area contributed by atoms with E-state index in [1.165, 1.54) is 6.42 Å². The van der Waals surface area contributed by atoms with Crippen LogP contribution in [0.2, 0.25) is 0 Å². The maximum Gasteiger partial charge on any atom is 0.191 e. The van der Waals surface area contributed by atoms with E-state index in [2.05, 4.69) is 29.5 Å². The summed E-state index contributed by atoms with van der Waals surface area (Å²) in [6.45, 7) is 7.32. The average Bonchev–Trinajstić information content (AvgIpc) is 2.44. The summed E-state index contributed by atoms with van der Waals surface area (Å²) in [5.41, 5.74) is -0.0763. The highest BCUT2D eigenvalue weighted by atomic mass is 16.5. The van der Waals surface area contributed by atoms with Gasteiger partial charge in [-0.2, -0.15) is 0 Å². The van der Waals surface area contributed by atoms with Crippen molar-refractivity contribution in [1.82, 2.24) is 10.6 Å². The molecule has 5 heteroatoms. The smallest absolute Gasteiger partial charge is 0.191 e. The number of hydrogen-bond donors (Lipinski definition) is 3. The van der Waals surface area contributed by atoms with Gasteiger partial charge in [-0.1, -0.05) is 19.8 Å². The summed E-state index contributed by atoms with van der Waals surface area (Å²) in [5, 5.41) is 16.7. The Hall–Kier alpha value is -0.810. The van der Waals surface area contributed by atoms with E-state index < -0.39 is 0 Å². The van der Waals surface area contributed by atoms with E-state index in [0.29, 0.717) is 6.54 Å². The van der Waals surface area contributed by atoms with Crippen LogP contribution in [-0.2, 0) is 4.74 Å². The van der Waals surface area contributed by atoms with Gasteiger partial charge in [0.05, 0.1) is 12.6 Å². The van der Waals surface area contributed by atoms with Crippen LogP contribution in [0.1, 0.15) is 46.0 Å². The van der Waals surface area contributed by atoms with E-state index in [1.807, 2.05) is 0 Å². The Morgan fingerprint density at radius 3 is 2.85 bits per heavy atom. The van der Waals surface area contributed by atoms with Crippen LogP contribution in [0.15, 0.2) is 4.99 Å². The Balaban J connectivity index is 2.47. The SMILES string of the molecule is CCNC(=NCC1(C)CCCCC1O)NCCCOC. The van der Waals surface area contributed by atoms with Gasteiger partial charge in [0.25, 0.3) is 0 Å². The summed E-state index contributed by atoms with van der Waals surface area (Å²) in [6, 6.07) is 0. The van der Waals surface area contributed by atoms with Gasteiger partial charge in [-0.05, 0) is 26.2 Å². The first kappa shape index (κ1) is 17.2. The molecule has 0 aromatic carbocycles. The van der Waals surface area contributed by atoms with Gasteiger partial charge in [-0.3, -0.25) is 4.99 Å². The van der Waals surface area contributed by atoms with Gasteiger partial charge >= 0.3 is 0 Å². The Bertz CT molecular complexity index is 297. The number of aliphatic hydroxyl groups is 1. The number of hydrogen-bond acceptors (Lipinski definition) is 3. The molecule has 118 valence electrons. The second kappa shape index (κ2) is 9.19. The minimum Gasteiger partial charge on any atom is -0.392 e. The lowest BCUT2D eigenvalue weighted by molar-refractivity contribution is 0.00716. The van der Waals surface area contributed by atoms with Crippen LogP contribution >= 0.6 is 0 Å². The summed E-state index contributed by atoms with van der Waals surface area (Å²) < 4.78 is 5.04. The number of aliphatic imine (C=N–C) groups is 1. The topological polar surface area (TPSA) is 65.9 Å². The van der Waals surface area contributed by atoms with E-state index in [-0.39, 0.29) is 11.5 Å². The van der Waals surface area contributed by atoms with Gasteiger partial charge in [-0.25, -0.2) is 0 Å². The van der Waals surface area contributed by atoms with E-state index >= 15 is 0 Å². The van der Waals surface area contributed by atoms with E-state index in [0.717, 1.165) is 51.3 Å². The first-order chi connectivity index (χ1) is 9.62. The zero-order valence-electron chi connectivity index (χ0n) is 13.2. The van der Waals surface area contributed by atoms with Crippen LogP contribution in [0.3, 0.4) is 0 Å². The number of nitrogens with zero attached hydrogens (tertiary/aromatic N) is 1. The van der Waals surface area contributed by atoms with Gasteiger partial charge in [-0.15, -0.1) is 0 Å². The van der Waals surface area contributed by atoms with E-state index in [4.69, 9.17) is 4.74 Å². The summed E-state index contributed by atoms with van der Waals surface area (Å²) in [6.07, 6.45) is 5.03. The lowest BCUT2D eigenvalue weighted by Crippen LogP contribution is -2.42. The van der Waals surface area contributed by atoms with Crippen molar-refractivity contribution in [3.8, 4) is 0 Å². The van der Waals surface area contributed by atoms with Crippen molar-refractivity contribution in [3.63, 3.8) is 0 Å². The van der Waals surface area contributed by atoms with Crippen molar-refractivity contribution in [3.05, 3.63) is 0 Å². The molecule has 1 saturated carbocycles. The second-order valence-electron chi connectivity index (χ2n) is 5.88. The summed E-state index contributed by atoms with van der Waals surface area (Å²) in [7, 11) is 1.71. The van der Waals surface area contributed by atoms with Gasteiger partial charge in [0.2, 0.25) is 0 Å². The molecule has 1 aliphatic rings. The fourth-order valence-corrected chi connectivity index (χ4v) is 2.59. The van der Waals surface area contributed by atoms with Crippen LogP contribution in [0.5, 0.6) is 0 Å².